The molecular formula is C18H29N3O2. The third-order valence-electron chi connectivity index (χ3n) is 3.95. The van der Waals surface area contributed by atoms with Gasteiger partial charge in [-0.3, -0.25) is 9.59 Å². The molecule has 3 atom stereocenters. The summed E-state index contributed by atoms with van der Waals surface area (Å²) in [5.74, 6) is -0.281. The molecule has 0 heterocycles. The van der Waals surface area contributed by atoms with E-state index in [0.29, 0.717) is 12.1 Å². The largest absolute Gasteiger partial charge is 0.353 e. The van der Waals surface area contributed by atoms with Gasteiger partial charge in [-0.05, 0) is 31.5 Å². The zero-order chi connectivity index (χ0) is 17.2. The molecular weight excluding hydrogens is 290 g/mol. The summed E-state index contributed by atoms with van der Waals surface area (Å²) >= 11 is 0. The monoisotopic (exact) mass is 319 g/mol. The van der Waals surface area contributed by atoms with E-state index in [4.69, 9.17) is 0 Å². The number of hydrogen-bond acceptors (Lipinski definition) is 3. The van der Waals surface area contributed by atoms with Gasteiger partial charge >= 0.3 is 0 Å². The van der Waals surface area contributed by atoms with Crippen molar-refractivity contribution in [3.05, 3.63) is 35.9 Å². The van der Waals surface area contributed by atoms with Crippen molar-refractivity contribution in [3.63, 3.8) is 0 Å². The van der Waals surface area contributed by atoms with Crippen LogP contribution in [0.5, 0.6) is 0 Å². The van der Waals surface area contributed by atoms with Crippen LogP contribution in [-0.2, 0) is 4.79 Å². The van der Waals surface area contributed by atoms with E-state index in [1.54, 1.807) is 12.1 Å². The van der Waals surface area contributed by atoms with Crippen molar-refractivity contribution in [2.75, 3.05) is 13.1 Å². The summed E-state index contributed by atoms with van der Waals surface area (Å²) in [5, 5.41) is 9.04. The predicted octanol–water partition coefficient (Wildman–Crippen LogP) is 1.95. The highest BCUT2D eigenvalue weighted by molar-refractivity contribution is 5.97. The first kappa shape index (κ1) is 19.2. The lowest BCUT2D eigenvalue weighted by Crippen LogP contribution is -2.52. The normalized spacial score (nSPS) is 14.6. The molecule has 128 valence electrons. The van der Waals surface area contributed by atoms with Gasteiger partial charge in [0.2, 0.25) is 5.91 Å². The minimum Gasteiger partial charge on any atom is -0.353 e. The third kappa shape index (κ3) is 6.40. The first-order valence-electron chi connectivity index (χ1n) is 8.36. The number of amides is 2. The van der Waals surface area contributed by atoms with Crippen LogP contribution >= 0.6 is 0 Å². The van der Waals surface area contributed by atoms with Crippen LogP contribution in [0.15, 0.2) is 30.3 Å². The lowest BCUT2D eigenvalue weighted by Gasteiger charge is -2.24. The van der Waals surface area contributed by atoms with E-state index in [0.717, 1.165) is 13.0 Å². The second-order valence-corrected chi connectivity index (χ2v) is 5.91. The molecule has 1 aromatic rings. The van der Waals surface area contributed by atoms with Gasteiger partial charge in [0.15, 0.2) is 0 Å². The van der Waals surface area contributed by atoms with Gasteiger partial charge in [0, 0.05) is 18.2 Å². The minimum atomic E-state index is -0.526. The highest BCUT2D eigenvalue weighted by atomic mass is 16.2. The summed E-state index contributed by atoms with van der Waals surface area (Å²) in [6.45, 7) is 9.44. The maximum Gasteiger partial charge on any atom is 0.251 e. The van der Waals surface area contributed by atoms with E-state index in [2.05, 4.69) is 16.0 Å². The number of nitrogens with one attached hydrogen (secondary N) is 3. The second-order valence-electron chi connectivity index (χ2n) is 5.91. The molecule has 3 N–H and O–H groups in total. The van der Waals surface area contributed by atoms with Crippen molar-refractivity contribution in [2.45, 2.75) is 46.2 Å². The zero-order valence-electron chi connectivity index (χ0n) is 14.6. The fraction of sp³-hybridized carbons (Fsp3) is 0.556. The Bertz CT molecular complexity index is 490. The van der Waals surface area contributed by atoms with E-state index in [1.165, 1.54) is 0 Å². The van der Waals surface area contributed by atoms with Crippen molar-refractivity contribution in [3.8, 4) is 0 Å². The number of likely N-dealkylation sites (N-methyl/N-ethyl adjacent to an activating group) is 1. The molecule has 0 spiro atoms. The van der Waals surface area contributed by atoms with Gasteiger partial charge in [0.1, 0.15) is 6.04 Å². The van der Waals surface area contributed by atoms with Crippen molar-refractivity contribution >= 4 is 11.8 Å². The van der Waals surface area contributed by atoms with Gasteiger partial charge in [0.25, 0.3) is 5.91 Å². The topological polar surface area (TPSA) is 70.2 Å². The molecule has 23 heavy (non-hydrogen) atoms. The third-order valence-corrected chi connectivity index (χ3v) is 3.95. The molecule has 5 heteroatoms. The van der Waals surface area contributed by atoms with E-state index in [-0.39, 0.29) is 23.8 Å². The maximum absolute atomic E-state index is 12.5. The first-order chi connectivity index (χ1) is 11.0. The van der Waals surface area contributed by atoms with Crippen LogP contribution < -0.4 is 16.0 Å². The van der Waals surface area contributed by atoms with Crippen LogP contribution in [-0.4, -0.2) is 37.0 Å². The molecule has 0 bridgehead atoms. The number of benzene rings is 1. The number of rotatable bonds is 9. The Labute approximate surface area is 139 Å². The van der Waals surface area contributed by atoms with Crippen LogP contribution in [0.1, 0.15) is 44.5 Å². The van der Waals surface area contributed by atoms with Crippen LogP contribution in [0, 0.1) is 5.92 Å². The smallest absolute Gasteiger partial charge is 0.251 e. The molecule has 1 rings (SSSR count). The Hall–Kier alpha value is -1.88. The fourth-order valence-corrected chi connectivity index (χ4v) is 2.30. The molecule has 0 aromatic heterocycles. The minimum absolute atomic E-state index is 0.0668. The lowest BCUT2D eigenvalue weighted by molar-refractivity contribution is -0.124. The molecule has 0 fully saturated rings. The highest BCUT2D eigenvalue weighted by Crippen LogP contribution is 2.09. The second kappa shape index (κ2) is 10.0. The van der Waals surface area contributed by atoms with E-state index >= 15 is 0 Å². The Morgan fingerprint density at radius 1 is 1.09 bits per heavy atom. The fourth-order valence-electron chi connectivity index (χ4n) is 2.30. The van der Waals surface area contributed by atoms with Crippen molar-refractivity contribution in [2.24, 2.45) is 5.92 Å². The van der Waals surface area contributed by atoms with Gasteiger partial charge < -0.3 is 16.0 Å². The highest BCUT2D eigenvalue weighted by Gasteiger charge is 2.26. The lowest BCUT2D eigenvalue weighted by atomic mass is 9.97. The van der Waals surface area contributed by atoms with Gasteiger partial charge in [0.05, 0.1) is 0 Å². The number of carbonyl (C=O) groups is 2. The Morgan fingerprint density at radius 2 is 1.74 bits per heavy atom. The van der Waals surface area contributed by atoms with Crippen molar-refractivity contribution < 1.29 is 9.59 Å². The SMILES string of the molecule is CCN[C@H](C)CNC(=O)C(NC(=O)c1ccccc1)C(C)CC. The first-order valence-corrected chi connectivity index (χ1v) is 8.36. The van der Waals surface area contributed by atoms with Gasteiger partial charge in [-0.25, -0.2) is 0 Å². The van der Waals surface area contributed by atoms with E-state index in [9.17, 15) is 9.59 Å². The molecule has 0 saturated heterocycles. The van der Waals surface area contributed by atoms with Gasteiger partial charge in [-0.2, -0.15) is 0 Å². The van der Waals surface area contributed by atoms with Gasteiger partial charge in [-0.15, -0.1) is 0 Å². The number of carbonyl (C=O) groups excluding carboxylic acids is 2. The predicted molar refractivity (Wildman–Crippen MR) is 93.3 cm³/mol. The van der Waals surface area contributed by atoms with Crippen LogP contribution in [0.25, 0.3) is 0 Å². The quantitative estimate of drug-likeness (QED) is 0.651. The standard InChI is InChI=1S/C18H29N3O2/c1-5-13(3)16(18(23)20-12-14(4)19-6-2)21-17(22)15-10-8-7-9-11-15/h7-11,13-14,16,19H,5-6,12H2,1-4H3,(H,20,23)(H,21,22)/t13?,14-,16?/m1/s1. The van der Waals surface area contributed by atoms with Crippen LogP contribution in [0.4, 0.5) is 0 Å². The molecule has 2 unspecified atom stereocenters. The van der Waals surface area contributed by atoms with Crippen LogP contribution in [0.2, 0.25) is 0 Å². The average Bonchev–Trinajstić information content (AvgIpc) is 2.57. The molecule has 0 saturated carbocycles. The summed E-state index contributed by atoms with van der Waals surface area (Å²) in [5.41, 5.74) is 0.564. The summed E-state index contributed by atoms with van der Waals surface area (Å²) in [7, 11) is 0. The van der Waals surface area contributed by atoms with Gasteiger partial charge in [-0.1, -0.05) is 45.4 Å². The summed E-state index contributed by atoms with van der Waals surface area (Å²) < 4.78 is 0. The molecule has 1 aromatic carbocycles. The number of hydrogen-bond donors (Lipinski definition) is 3. The van der Waals surface area contributed by atoms with Crippen molar-refractivity contribution in [1.82, 2.24) is 16.0 Å². The van der Waals surface area contributed by atoms with Crippen LogP contribution in [0.3, 0.4) is 0 Å². The molecule has 2 amide bonds. The molecule has 0 radical (unpaired) electrons. The van der Waals surface area contributed by atoms with Crippen molar-refractivity contribution in [1.29, 1.82) is 0 Å². The zero-order valence-corrected chi connectivity index (χ0v) is 14.6. The molecule has 5 nitrogen and oxygen atoms in total. The Balaban J connectivity index is 2.68. The summed E-state index contributed by atoms with van der Waals surface area (Å²) in [6, 6.07) is 8.64. The summed E-state index contributed by atoms with van der Waals surface area (Å²) in [4.78, 5) is 24.8. The Kier molecular flexibility index (Phi) is 8.33. The average molecular weight is 319 g/mol. The maximum atomic E-state index is 12.5. The summed E-state index contributed by atoms with van der Waals surface area (Å²) in [6.07, 6.45) is 0.815. The van der Waals surface area contributed by atoms with E-state index < -0.39 is 6.04 Å². The molecule has 0 aliphatic carbocycles. The molecule has 0 aliphatic heterocycles. The molecule has 0 aliphatic rings. The van der Waals surface area contributed by atoms with E-state index in [1.807, 2.05) is 45.9 Å². The Morgan fingerprint density at radius 3 is 2.30 bits per heavy atom.